The lowest BCUT2D eigenvalue weighted by atomic mass is 9.81. The van der Waals surface area contributed by atoms with Gasteiger partial charge in [0, 0.05) is 34.7 Å². The summed E-state index contributed by atoms with van der Waals surface area (Å²) >= 11 is 7.92. The number of fused-ring (bicyclic) bond motifs is 1. The molecule has 1 aliphatic heterocycles. The fourth-order valence-electron chi connectivity index (χ4n) is 5.07. The fourth-order valence-corrected chi connectivity index (χ4v) is 6.22. The van der Waals surface area contributed by atoms with Crippen molar-refractivity contribution >= 4 is 34.3 Å². The SMILES string of the molecule is COc1ccc2nccc(C(O)CC[C@@H]3CCN(CCCSc4cccc(Cl)c4)C[C@@H]3CO)c2c1. The zero-order valence-electron chi connectivity index (χ0n) is 20.3. The normalized spacial score (nSPS) is 19.7. The summed E-state index contributed by atoms with van der Waals surface area (Å²) in [5.41, 5.74) is 1.75. The summed E-state index contributed by atoms with van der Waals surface area (Å²) in [6, 6.07) is 15.7. The van der Waals surface area contributed by atoms with Crippen LogP contribution in [-0.4, -0.2) is 59.2 Å². The Labute approximate surface area is 217 Å². The Morgan fingerprint density at radius 3 is 2.89 bits per heavy atom. The first-order chi connectivity index (χ1) is 17.1. The quantitative estimate of drug-likeness (QED) is 0.248. The number of rotatable bonds is 11. The highest BCUT2D eigenvalue weighted by Crippen LogP contribution is 2.33. The highest BCUT2D eigenvalue weighted by molar-refractivity contribution is 7.99. The molecule has 3 aromatic rings. The molecule has 0 aliphatic carbocycles. The standard InChI is InChI=1S/C28H35ClN2O3S/c1-34-23-7-8-27-26(17-23)25(10-12-30-27)28(33)9-6-20-11-14-31(18-21(20)19-32)13-3-15-35-24-5-2-4-22(29)16-24/h2,4-5,7-8,10,12,16-17,20-21,28,32-33H,3,6,9,11,13-15,18-19H2,1H3/t20-,21-,28?/m1/s1. The minimum Gasteiger partial charge on any atom is -0.497 e. The van der Waals surface area contributed by atoms with E-state index in [0.29, 0.717) is 12.3 Å². The topological polar surface area (TPSA) is 65.8 Å². The van der Waals surface area contributed by atoms with Crippen LogP contribution in [0.4, 0.5) is 0 Å². The van der Waals surface area contributed by atoms with E-state index in [1.54, 1.807) is 13.3 Å². The molecular weight excluding hydrogens is 480 g/mol. The third kappa shape index (κ3) is 7.11. The number of ether oxygens (including phenoxy) is 1. The number of pyridine rings is 1. The van der Waals surface area contributed by atoms with Crippen LogP contribution in [0.2, 0.25) is 5.02 Å². The second-order valence-electron chi connectivity index (χ2n) is 9.33. The van der Waals surface area contributed by atoms with E-state index < -0.39 is 6.10 Å². The molecule has 0 radical (unpaired) electrons. The number of hydrogen-bond donors (Lipinski definition) is 2. The molecule has 2 aromatic carbocycles. The van der Waals surface area contributed by atoms with E-state index >= 15 is 0 Å². The number of aliphatic hydroxyl groups excluding tert-OH is 2. The zero-order valence-corrected chi connectivity index (χ0v) is 21.8. The Morgan fingerprint density at radius 2 is 2.09 bits per heavy atom. The number of hydrogen-bond acceptors (Lipinski definition) is 6. The molecule has 2 heterocycles. The predicted molar refractivity (Wildman–Crippen MR) is 144 cm³/mol. The minimum absolute atomic E-state index is 0.198. The molecule has 0 amide bonds. The number of likely N-dealkylation sites (tertiary alicyclic amines) is 1. The Morgan fingerprint density at radius 1 is 1.20 bits per heavy atom. The first-order valence-electron chi connectivity index (χ1n) is 12.4. The summed E-state index contributed by atoms with van der Waals surface area (Å²) < 4.78 is 5.36. The summed E-state index contributed by atoms with van der Waals surface area (Å²) in [4.78, 5) is 8.11. The van der Waals surface area contributed by atoms with Crippen LogP contribution in [0.5, 0.6) is 5.75 Å². The van der Waals surface area contributed by atoms with Gasteiger partial charge >= 0.3 is 0 Å². The van der Waals surface area contributed by atoms with E-state index in [9.17, 15) is 10.2 Å². The lowest BCUT2D eigenvalue weighted by Crippen LogP contribution is -2.42. The second-order valence-corrected chi connectivity index (χ2v) is 10.9. The number of aromatic nitrogens is 1. The van der Waals surface area contributed by atoms with Crippen LogP contribution >= 0.6 is 23.4 Å². The lowest BCUT2D eigenvalue weighted by Gasteiger charge is -2.38. The molecule has 1 aromatic heterocycles. The van der Waals surface area contributed by atoms with Crippen molar-refractivity contribution in [3.8, 4) is 5.75 Å². The number of aliphatic hydroxyl groups is 2. The average molecular weight is 515 g/mol. The van der Waals surface area contributed by atoms with Gasteiger partial charge in [-0.2, -0.15) is 0 Å². The number of methoxy groups -OCH3 is 1. The molecule has 1 saturated heterocycles. The maximum atomic E-state index is 11.0. The molecule has 0 saturated carbocycles. The monoisotopic (exact) mass is 514 g/mol. The van der Waals surface area contributed by atoms with E-state index in [-0.39, 0.29) is 12.5 Å². The summed E-state index contributed by atoms with van der Waals surface area (Å²) in [7, 11) is 1.65. The molecule has 188 valence electrons. The van der Waals surface area contributed by atoms with Crippen molar-refractivity contribution in [1.29, 1.82) is 0 Å². The zero-order chi connectivity index (χ0) is 24.6. The second kappa shape index (κ2) is 12.9. The lowest BCUT2D eigenvalue weighted by molar-refractivity contribution is 0.0581. The summed E-state index contributed by atoms with van der Waals surface area (Å²) in [6.07, 6.45) is 4.94. The van der Waals surface area contributed by atoms with Crippen LogP contribution < -0.4 is 4.74 Å². The Hall–Kier alpha value is -1.83. The van der Waals surface area contributed by atoms with E-state index in [0.717, 1.165) is 71.9 Å². The van der Waals surface area contributed by atoms with Crippen LogP contribution in [0.15, 0.2) is 59.6 Å². The smallest absolute Gasteiger partial charge is 0.119 e. The third-order valence-electron chi connectivity index (χ3n) is 7.05. The number of nitrogens with zero attached hydrogens (tertiary/aromatic N) is 2. The van der Waals surface area contributed by atoms with Gasteiger partial charge in [-0.1, -0.05) is 17.7 Å². The molecular formula is C28H35ClN2O3S. The maximum Gasteiger partial charge on any atom is 0.119 e. The minimum atomic E-state index is -0.562. The highest BCUT2D eigenvalue weighted by Gasteiger charge is 2.29. The van der Waals surface area contributed by atoms with E-state index in [1.165, 1.54) is 4.90 Å². The Bertz CT molecular complexity index is 1100. The summed E-state index contributed by atoms with van der Waals surface area (Å²) in [5.74, 6) is 2.50. The summed E-state index contributed by atoms with van der Waals surface area (Å²) in [5, 5.41) is 22.8. The van der Waals surface area contributed by atoms with Crippen molar-refractivity contribution in [3.63, 3.8) is 0 Å². The van der Waals surface area contributed by atoms with Gasteiger partial charge in [0.1, 0.15) is 5.75 Å². The predicted octanol–water partition coefficient (Wildman–Crippen LogP) is 5.82. The van der Waals surface area contributed by atoms with Crippen molar-refractivity contribution in [3.05, 3.63) is 65.3 Å². The van der Waals surface area contributed by atoms with Crippen molar-refractivity contribution in [2.45, 2.75) is 36.7 Å². The fraction of sp³-hybridized carbons (Fsp3) is 0.464. The molecule has 0 spiro atoms. The number of thioether (sulfide) groups is 1. The highest BCUT2D eigenvalue weighted by atomic mass is 35.5. The van der Waals surface area contributed by atoms with Gasteiger partial charge in [-0.25, -0.2) is 0 Å². The van der Waals surface area contributed by atoms with Gasteiger partial charge in [0.15, 0.2) is 0 Å². The van der Waals surface area contributed by atoms with Crippen LogP contribution in [0.3, 0.4) is 0 Å². The van der Waals surface area contributed by atoms with Crippen LogP contribution in [-0.2, 0) is 0 Å². The van der Waals surface area contributed by atoms with E-state index in [2.05, 4.69) is 16.0 Å². The molecule has 4 rings (SSSR count). The van der Waals surface area contributed by atoms with Gasteiger partial charge in [-0.05, 0) is 104 Å². The third-order valence-corrected chi connectivity index (χ3v) is 8.36. The van der Waals surface area contributed by atoms with Gasteiger partial charge in [-0.3, -0.25) is 4.98 Å². The molecule has 1 aliphatic rings. The van der Waals surface area contributed by atoms with E-state index in [1.807, 2.05) is 54.2 Å². The van der Waals surface area contributed by atoms with Gasteiger partial charge in [0.25, 0.3) is 0 Å². The van der Waals surface area contributed by atoms with Gasteiger partial charge in [0.2, 0.25) is 0 Å². The first kappa shape index (κ1) is 26.2. The molecule has 35 heavy (non-hydrogen) atoms. The van der Waals surface area contributed by atoms with Crippen LogP contribution in [0.25, 0.3) is 10.9 Å². The van der Waals surface area contributed by atoms with Crippen LogP contribution in [0, 0.1) is 11.8 Å². The Kier molecular flexibility index (Phi) is 9.69. The average Bonchev–Trinajstić information content (AvgIpc) is 2.89. The number of benzene rings is 2. The molecule has 5 nitrogen and oxygen atoms in total. The molecule has 2 N–H and O–H groups in total. The molecule has 1 unspecified atom stereocenters. The molecule has 7 heteroatoms. The van der Waals surface area contributed by atoms with Crippen molar-refractivity contribution in [2.24, 2.45) is 11.8 Å². The van der Waals surface area contributed by atoms with Crippen molar-refractivity contribution in [1.82, 2.24) is 9.88 Å². The first-order valence-corrected chi connectivity index (χ1v) is 13.8. The van der Waals surface area contributed by atoms with Gasteiger partial charge in [0.05, 0.1) is 18.7 Å². The molecule has 0 bridgehead atoms. The maximum absolute atomic E-state index is 11.0. The van der Waals surface area contributed by atoms with Gasteiger partial charge in [-0.15, -0.1) is 11.8 Å². The molecule has 3 atom stereocenters. The van der Waals surface area contributed by atoms with Crippen LogP contribution in [0.1, 0.15) is 37.4 Å². The summed E-state index contributed by atoms with van der Waals surface area (Å²) in [6.45, 7) is 3.22. The largest absolute Gasteiger partial charge is 0.497 e. The number of piperidine rings is 1. The van der Waals surface area contributed by atoms with E-state index in [4.69, 9.17) is 16.3 Å². The van der Waals surface area contributed by atoms with Crippen molar-refractivity contribution in [2.75, 3.05) is 39.1 Å². The van der Waals surface area contributed by atoms with Crippen molar-refractivity contribution < 1.29 is 14.9 Å². The Balaban J connectivity index is 1.26. The molecule has 1 fully saturated rings. The number of halogens is 1. The van der Waals surface area contributed by atoms with Gasteiger partial charge < -0.3 is 19.8 Å².